The lowest BCUT2D eigenvalue weighted by Gasteiger charge is -2.19. The van der Waals surface area contributed by atoms with Crippen LogP contribution >= 0.6 is 0 Å². The highest BCUT2D eigenvalue weighted by molar-refractivity contribution is 6.16. The number of aryl methyl sites for hydroxylation is 2. The van der Waals surface area contributed by atoms with Crippen LogP contribution in [0.1, 0.15) is 28.4 Å². The first-order valence-corrected chi connectivity index (χ1v) is 8.30. The van der Waals surface area contributed by atoms with Gasteiger partial charge in [0.25, 0.3) is 5.91 Å². The first-order valence-electron chi connectivity index (χ1n) is 8.30. The summed E-state index contributed by atoms with van der Waals surface area (Å²) >= 11 is 0. The molecule has 0 aromatic heterocycles. The molecule has 2 aromatic carbocycles. The van der Waals surface area contributed by atoms with Crippen molar-refractivity contribution < 1.29 is 18.8 Å². The molecule has 0 radical (unpaired) electrons. The van der Waals surface area contributed by atoms with E-state index >= 15 is 0 Å². The average molecular weight is 354 g/mol. The molecule has 1 aliphatic heterocycles. The van der Waals surface area contributed by atoms with Gasteiger partial charge in [0.2, 0.25) is 0 Å². The maximum Gasteiger partial charge on any atom is 0.332 e. The number of nitrogens with zero attached hydrogens (tertiary/aromatic N) is 2. The summed E-state index contributed by atoms with van der Waals surface area (Å²) in [6.07, 6.45) is 0. The second-order valence-electron chi connectivity index (χ2n) is 6.45. The quantitative estimate of drug-likeness (QED) is 0.624. The lowest BCUT2D eigenvalue weighted by atomic mass is 10.0. The highest BCUT2D eigenvalue weighted by Crippen LogP contribution is 2.26. The summed E-state index contributed by atoms with van der Waals surface area (Å²) in [5.74, 6) is -1.18. The number of Topliss-reactive ketones (excluding diaryl/α,β-unsaturated/α-hetero) is 1. The van der Waals surface area contributed by atoms with Gasteiger partial charge in [-0.1, -0.05) is 12.1 Å². The number of ketones is 1. The molecule has 1 saturated heterocycles. The molecule has 0 N–H and O–H groups in total. The molecule has 1 fully saturated rings. The number of carbonyl (C=O) groups is 3. The molecule has 1 atom stereocenters. The molecule has 1 aliphatic rings. The Balaban J connectivity index is 1.83. The molecule has 6 heteroatoms. The topological polar surface area (TPSA) is 57.7 Å². The van der Waals surface area contributed by atoms with Crippen LogP contribution in [0.15, 0.2) is 42.5 Å². The van der Waals surface area contributed by atoms with E-state index in [1.54, 1.807) is 19.1 Å². The van der Waals surface area contributed by atoms with Crippen LogP contribution in [0.2, 0.25) is 0 Å². The SMILES string of the molecule is Cc1ccc(C(=O)CN2C(=O)[C@H](C)N(c3ccc(F)cc3)C2=O)cc1C. The minimum atomic E-state index is -0.750. The van der Waals surface area contributed by atoms with E-state index in [1.807, 2.05) is 19.9 Å². The number of amides is 3. The maximum atomic E-state index is 13.1. The van der Waals surface area contributed by atoms with Crippen molar-refractivity contribution in [3.05, 3.63) is 65.0 Å². The van der Waals surface area contributed by atoms with Gasteiger partial charge in [-0.05, 0) is 62.2 Å². The van der Waals surface area contributed by atoms with Crippen LogP contribution < -0.4 is 4.90 Å². The number of urea groups is 1. The second-order valence-corrected chi connectivity index (χ2v) is 6.45. The van der Waals surface area contributed by atoms with Crippen molar-refractivity contribution in [1.82, 2.24) is 4.90 Å². The fourth-order valence-electron chi connectivity index (χ4n) is 2.96. The molecule has 0 unspecified atom stereocenters. The number of imide groups is 1. The third-order valence-corrected chi connectivity index (χ3v) is 4.68. The van der Waals surface area contributed by atoms with Gasteiger partial charge < -0.3 is 0 Å². The summed E-state index contributed by atoms with van der Waals surface area (Å²) in [4.78, 5) is 39.9. The van der Waals surface area contributed by atoms with Crippen molar-refractivity contribution in [1.29, 1.82) is 0 Å². The molecule has 3 amide bonds. The van der Waals surface area contributed by atoms with E-state index in [1.165, 1.54) is 29.2 Å². The predicted molar refractivity (Wildman–Crippen MR) is 95.7 cm³/mol. The summed E-state index contributed by atoms with van der Waals surface area (Å²) < 4.78 is 13.1. The van der Waals surface area contributed by atoms with Crippen molar-refractivity contribution in [2.24, 2.45) is 0 Å². The van der Waals surface area contributed by atoms with Gasteiger partial charge in [0.05, 0.1) is 6.54 Å². The van der Waals surface area contributed by atoms with Gasteiger partial charge in [-0.25, -0.2) is 9.18 Å². The number of rotatable bonds is 4. The molecule has 0 aliphatic carbocycles. The van der Waals surface area contributed by atoms with Crippen LogP contribution in [0, 0.1) is 19.7 Å². The Morgan fingerprint density at radius 1 is 1.04 bits per heavy atom. The van der Waals surface area contributed by atoms with Crippen LogP contribution in [0.4, 0.5) is 14.9 Å². The minimum Gasteiger partial charge on any atom is -0.292 e. The number of hydrogen-bond acceptors (Lipinski definition) is 3. The van der Waals surface area contributed by atoms with Gasteiger partial charge in [0, 0.05) is 11.3 Å². The molecule has 0 saturated carbocycles. The van der Waals surface area contributed by atoms with E-state index in [4.69, 9.17) is 0 Å². The van der Waals surface area contributed by atoms with Crippen LogP contribution in [-0.2, 0) is 4.79 Å². The standard InChI is InChI=1S/C20H19FN2O3/c1-12-4-5-15(10-13(12)2)18(24)11-22-19(25)14(3)23(20(22)26)17-8-6-16(21)7-9-17/h4-10,14H,11H2,1-3H3/t14-/m0/s1. The molecule has 1 heterocycles. The van der Waals surface area contributed by atoms with Gasteiger partial charge in [-0.15, -0.1) is 0 Å². The first-order chi connectivity index (χ1) is 12.3. The van der Waals surface area contributed by atoms with E-state index < -0.39 is 23.8 Å². The predicted octanol–water partition coefficient (Wildman–Crippen LogP) is 3.48. The Hall–Kier alpha value is -3.02. The van der Waals surface area contributed by atoms with E-state index in [2.05, 4.69) is 0 Å². The van der Waals surface area contributed by atoms with Crippen molar-refractivity contribution in [3.8, 4) is 0 Å². The lowest BCUT2D eigenvalue weighted by Crippen LogP contribution is -2.37. The molecule has 2 aromatic rings. The Kier molecular flexibility index (Phi) is 4.59. The number of hydrogen-bond donors (Lipinski definition) is 0. The van der Waals surface area contributed by atoms with Crippen LogP contribution in [-0.4, -0.2) is 35.2 Å². The Bertz CT molecular complexity index is 892. The summed E-state index contributed by atoms with van der Waals surface area (Å²) in [7, 11) is 0. The summed E-state index contributed by atoms with van der Waals surface area (Å²) in [5, 5.41) is 0. The van der Waals surface area contributed by atoms with E-state index in [9.17, 15) is 18.8 Å². The Morgan fingerprint density at radius 3 is 2.31 bits per heavy atom. The maximum absolute atomic E-state index is 13.1. The zero-order valence-corrected chi connectivity index (χ0v) is 14.8. The van der Waals surface area contributed by atoms with Crippen molar-refractivity contribution >= 4 is 23.4 Å². The number of carbonyl (C=O) groups excluding carboxylic acids is 3. The third kappa shape index (κ3) is 3.10. The zero-order valence-electron chi connectivity index (χ0n) is 14.8. The molecule has 26 heavy (non-hydrogen) atoms. The summed E-state index contributed by atoms with van der Waals surface area (Å²) in [6.45, 7) is 5.11. The van der Waals surface area contributed by atoms with Gasteiger partial charge in [-0.2, -0.15) is 0 Å². The number of halogens is 1. The highest BCUT2D eigenvalue weighted by Gasteiger charge is 2.44. The Morgan fingerprint density at radius 2 is 1.69 bits per heavy atom. The molecule has 0 spiro atoms. The van der Waals surface area contributed by atoms with Gasteiger partial charge in [0.1, 0.15) is 11.9 Å². The molecular formula is C20H19FN2O3. The molecule has 0 bridgehead atoms. The highest BCUT2D eigenvalue weighted by atomic mass is 19.1. The van der Waals surface area contributed by atoms with Crippen molar-refractivity contribution in [3.63, 3.8) is 0 Å². The molecule has 134 valence electrons. The second kappa shape index (κ2) is 6.71. The minimum absolute atomic E-state index is 0.303. The van der Waals surface area contributed by atoms with E-state index in [0.717, 1.165) is 16.0 Å². The van der Waals surface area contributed by atoms with E-state index in [0.29, 0.717) is 11.3 Å². The van der Waals surface area contributed by atoms with Gasteiger partial charge in [-0.3, -0.25) is 19.4 Å². The first kappa shape index (κ1) is 17.8. The van der Waals surface area contributed by atoms with Crippen molar-refractivity contribution in [2.75, 3.05) is 11.4 Å². The smallest absolute Gasteiger partial charge is 0.292 e. The van der Waals surface area contributed by atoms with Gasteiger partial charge in [0.15, 0.2) is 5.78 Å². The van der Waals surface area contributed by atoms with Crippen LogP contribution in [0.3, 0.4) is 0 Å². The van der Waals surface area contributed by atoms with Crippen LogP contribution in [0.25, 0.3) is 0 Å². The number of benzene rings is 2. The average Bonchev–Trinajstić information content (AvgIpc) is 2.82. The normalized spacial score (nSPS) is 17.2. The molecular weight excluding hydrogens is 335 g/mol. The molecule has 5 nitrogen and oxygen atoms in total. The zero-order chi connectivity index (χ0) is 19.0. The molecule has 3 rings (SSSR count). The Labute approximate surface area is 151 Å². The van der Waals surface area contributed by atoms with Crippen molar-refractivity contribution in [2.45, 2.75) is 26.8 Å². The summed E-state index contributed by atoms with van der Waals surface area (Å²) in [5.41, 5.74) is 2.90. The van der Waals surface area contributed by atoms with Crippen LogP contribution in [0.5, 0.6) is 0 Å². The third-order valence-electron chi connectivity index (χ3n) is 4.68. The fraction of sp³-hybridized carbons (Fsp3) is 0.250. The number of anilines is 1. The lowest BCUT2D eigenvalue weighted by molar-refractivity contribution is -0.126. The summed E-state index contributed by atoms with van der Waals surface area (Å²) in [6, 6.07) is 9.28. The fourth-order valence-corrected chi connectivity index (χ4v) is 2.96. The monoisotopic (exact) mass is 354 g/mol. The van der Waals surface area contributed by atoms with E-state index in [-0.39, 0.29) is 12.3 Å². The largest absolute Gasteiger partial charge is 0.332 e. The van der Waals surface area contributed by atoms with Gasteiger partial charge >= 0.3 is 6.03 Å².